The zero-order valence-corrected chi connectivity index (χ0v) is 7.43. The van der Waals surface area contributed by atoms with Crippen molar-refractivity contribution in [1.82, 2.24) is 0 Å². The van der Waals surface area contributed by atoms with E-state index in [0.29, 0.717) is 0 Å². The highest BCUT2D eigenvalue weighted by atomic mass is 14.7. The Hall–Kier alpha value is -0.260. The van der Waals surface area contributed by atoms with Crippen LogP contribution in [0.3, 0.4) is 0 Å². The van der Waals surface area contributed by atoms with Gasteiger partial charge >= 0.3 is 0 Å². The molecule has 3 aliphatic rings. The Morgan fingerprint density at radius 1 is 1.55 bits per heavy atom. The lowest BCUT2D eigenvalue weighted by atomic mass is 9.58. The summed E-state index contributed by atoms with van der Waals surface area (Å²) >= 11 is 0. The fraction of sp³-hybridized carbons (Fsp3) is 0.818. The normalized spacial score (nSPS) is 51.4. The van der Waals surface area contributed by atoms with Crippen molar-refractivity contribution in [2.45, 2.75) is 33.1 Å². The van der Waals surface area contributed by atoms with Crippen molar-refractivity contribution >= 4 is 0 Å². The summed E-state index contributed by atoms with van der Waals surface area (Å²) in [5.41, 5.74) is 2.63. The Kier molecular flexibility index (Phi) is 0.898. The molecule has 0 N–H and O–H groups in total. The highest BCUT2D eigenvalue weighted by Gasteiger charge is 2.66. The van der Waals surface area contributed by atoms with Gasteiger partial charge in [-0.05, 0) is 42.4 Å². The second kappa shape index (κ2) is 1.57. The lowest BCUT2D eigenvalue weighted by Crippen LogP contribution is -2.39. The lowest BCUT2D eigenvalue weighted by Gasteiger charge is -2.46. The van der Waals surface area contributed by atoms with E-state index in [9.17, 15) is 0 Å². The van der Waals surface area contributed by atoms with E-state index in [1.807, 2.05) is 5.57 Å². The maximum atomic E-state index is 2.52. The molecule has 0 aromatic heterocycles. The van der Waals surface area contributed by atoms with Gasteiger partial charge in [0.25, 0.3) is 0 Å². The van der Waals surface area contributed by atoms with Gasteiger partial charge in [-0.25, -0.2) is 0 Å². The zero-order chi connectivity index (χ0) is 7.64. The van der Waals surface area contributed by atoms with Crippen LogP contribution in [0.2, 0.25) is 0 Å². The summed E-state index contributed by atoms with van der Waals surface area (Å²) in [6.45, 7) is 4.77. The van der Waals surface area contributed by atoms with E-state index in [2.05, 4.69) is 19.9 Å². The van der Waals surface area contributed by atoms with E-state index in [1.165, 1.54) is 19.3 Å². The van der Waals surface area contributed by atoms with Crippen LogP contribution in [0.15, 0.2) is 11.6 Å². The van der Waals surface area contributed by atoms with Gasteiger partial charge in [0.15, 0.2) is 0 Å². The van der Waals surface area contributed by atoms with Gasteiger partial charge in [-0.15, -0.1) is 0 Å². The molecule has 2 saturated carbocycles. The van der Waals surface area contributed by atoms with Crippen LogP contribution in [0, 0.1) is 23.2 Å². The van der Waals surface area contributed by atoms with Crippen molar-refractivity contribution in [3.63, 3.8) is 0 Å². The smallest absolute Gasteiger partial charge is 0.00137 e. The van der Waals surface area contributed by atoms with Crippen LogP contribution >= 0.6 is 0 Å². The van der Waals surface area contributed by atoms with Gasteiger partial charge in [0, 0.05) is 0 Å². The van der Waals surface area contributed by atoms with Crippen LogP contribution in [-0.2, 0) is 0 Å². The van der Waals surface area contributed by atoms with Crippen molar-refractivity contribution in [3.8, 4) is 0 Å². The number of hydrogen-bond acceptors (Lipinski definition) is 0. The SMILES string of the molecule is CC(C)C1CC23CC2=CCC13. The molecule has 0 nitrogen and oxygen atoms in total. The quantitative estimate of drug-likeness (QED) is 0.501. The molecule has 0 heterocycles. The highest BCUT2D eigenvalue weighted by Crippen LogP contribution is 2.76. The van der Waals surface area contributed by atoms with Crippen LogP contribution in [0.25, 0.3) is 0 Å². The molecule has 3 rings (SSSR count). The summed E-state index contributed by atoms with van der Waals surface area (Å²) in [4.78, 5) is 0. The molecule has 0 aromatic carbocycles. The highest BCUT2D eigenvalue weighted by molar-refractivity contribution is 5.43. The van der Waals surface area contributed by atoms with Crippen LogP contribution in [0.4, 0.5) is 0 Å². The van der Waals surface area contributed by atoms with Gasteiger partial charge in [-0.3, -0.25) is 0 Å². The van der Waals surface area contributed by atoms with Gasteiger partial charge < -0.3 is 0 Å². The maximum absolute atomic E-state index is 2.52. The van der Waals surface area contributed by atoms with E-state index in [4.69, 9.17) is 0 Å². The Morgan fingerprint density at radius 2 is 2.36 bits per heavy atom. The molecule has 0 radical (unpaired) electrons. The van der Waals surface area contributed by atoms with Gasteiger partial charge in [0.2, 0.25) is 0 Å². The molecule has 0 amide bonds. The first-order valence-corrected chi connectivity index (χ1v) is 4.93. The predicted octanol–water partition coefficient (Wildman–Crippen LogP) is 3.00. The van der Waals surface area contributed by atoms with Crippen LogP contribution in [0.5, 0.6) is 0 Å². The van der Waals surface area contributed by atoms with Crippen molar-refractivity contribution < 1.29 is 0 Å². The zero-order valence-electron chi connectivity index (χ0n) is 7.43. The average molecular weight is 148 g/mol. The topological polar surface area (TPSA) is 0 Å². The number of allylic oxidation sites excluding steroid dienone is 2. The molecule has 2 fully saturated rings. The first-order valence-electron chi connectivity index (χ1n) is 4.93. The van der Waals surface area contributed by atoms with E-state index < -0.39 is 0 Å². The number of rotatable bonds is 1. The van der Waals surface area contributed by atoms with Crippen LogP contribution in [0.1, 0.15) is 33.1 Å². The van der Waals surface area contributed by atoms with Crippen molar-refractivity contribution in [2.24, 2.45) is 23.2 Å². The minimum absolute atomic E-state index is 0.814. The molecule has 3 atom stereocenters. The summed E-state index contributed by atoms with van der Waals surface area (Å²) < 4.78 is 0. The van der Waals surface area contributed by atoms with E-state index in [0.717, 1.165) is 23.2 Å². The second-order valence-corrected chi connectivity index (χ2v) is 5.02. The molecular weight excluding hydrogens is 132 g/mol. The third-order valence-corrected chi connectivity index (χ3v) is 4.32. The van der Waals surface area contributed by atoms with Gasteiger partial charge in [-0.1, -0.05) is 25.5 Å². The molecule has 0 aromatic rings. The van der Waals surface area contributed by atoms with Crippen molar-refractivity contribution in [3.05, 3.63) is 11.6 Å². The third kappa shape index (κ3) is 0.544. The summed E-state index contributed by atoms with van der Waals surface area (Å²) in [5, 5.41) is 0. The second-order valence-electron chi connectivity index (χ2n) is 5.02. The molecule has 1 spiro atoms. The van der Waals surface area contributed by atoms with Crippen LogP contribution in [-0.4, -0.2) is 0 Å². The lowest BCUT2D eigenvalue weighted by molar-refractivity contribution is 0.0338. The minimum atomic E-state index is 0.814. The Balaban J connectivity index is 1.83. The maximum Gasteiger partial charge on any atom is -0.00137 e. The fourth-order valence-electron chi connectivity index (χ4n) is 3.48. The first kappa shape index (κ1) is 6.28. The largest absolute Gasteiger partial charge is 0.0844 e. The molecular formula is C11H16. The molecule has 0 aliphatic heterocycles. The molecule has 0 saturated heterocycles. The monoisotopic (exact) mass is 148 g/mol. The summed E-state index contributed by atoms with van der Waals surface area (Å²) in [5.74, 6) is 3.07. The Bertz CT molecular complexity index is 236. The van der Waals surface area contributed by atoms with Crippen molar-refractivity contribution in [2.75, 3.05) is 0 Å². The fourth-order valence-corrected chi connectivity index (χ4v) is 3.48. The Morgan fingerprint density at radius 3 is 2.91 bits per heavy atom. The number of hydrogen-bond donors (Lipinski definition) is 0. The molecule has 60 valence electrons. The first-order chi connectivity index (χ1) is 5.24. The Labute approximate surface area is 68.7 Å². The van der Waals surface area contributed by atoms with Crippen molar-refractivity contribution in [1.29, 1.82) is 0 Å². The standard InChI is InChI=1S/C11H16/c1-7(2)9-6-11-5-8(11)3-4-10(9)11/h3,7,9-10H,4-6H2,1-2H3. The molecule has 3 unspecified atom stereocenters. The van der Waals surface area contributed by atoms with E-state index in [-0.39, 0.29) is 0 Å². The van der Waals surface area contributed by atoms with Gasteiger partial charge in [-0.2, -0.15) is 0 Å². The summed E-state index contributed by atoms with van der Waals surface area (Å²) in [6, 6.07) is 0. The predicted molar refractivity (Wildman–Crippen MR) is 46.2 cm³/mol. The van der Waals surface area contributed by atoms with Gasteiger partial charge in [0.05, 0.1) is 0 Å². The molecule has 11 heavy (non-hydrogen) atoms. The van der Waals surface area contributed by atoms with E-state index >= 15 is 0 Å². The van der Waals surface area contributed by atoms with Gasteiger partial charge in [0.1, 0.15) is 0 Å². The summed E-state index contributed by atoms with van der Waals surface area (Å²) in [6.07, 6.45) is 6.94. The minimum Gasteiger partial charge on any atom is -0.0844 e. The average Bonchev–Trinajstić information content (AvgIpc) is 2.54. The van der Waals surface area contributed by atoms with E-state index in [1.54, 1.807) is 0 Å². The molecule has 0 bridgehead atoms. The molecule has 0 heteroatoms. The third-order valence-electron chi connectivity index (χ3n) is 4.32. The summed E-state index contributed by atoms with van der Waals surface area (Å²) in [7, 11) is 0. The molecule has 3 aliphatic carbocycles. The van der Waals surface area contributed by atoms with Crippen LogP contribution < -0.4 is 0 Å².